The first-order valence-electron chi connectivity index (χ1n) is 4.77. The highest BCUT2D eigenvalue weighted by Crippen LogP contribution is 2.26. The number of halogens is 1. The molecule has 0 aliphatic heterocycles. The van der Waals surface area contributed by atoms with Crippen LogP contribution in [0.2, 0.25) is 0 Å². The first kappa shape index (κ1) is 12.2. The van der Waals surface area contributed by atoms with Gasteiger partial charge in [-0.3, -0.25) is 0 Å². The first-order valence-corrected chi connectivity index (χ1v) is 6.81. The van der Waals surface area contributed by atoms with Crippen molar-refractivity contribution >= 4 is 41.3 Å². The second kappa shape index (κ2) is 4.92. The molecule has 1 atom stereocenters. The van der Waals surface area contributed by atoms with Crippen molar-refractivity contribution in [2.24, 2.45) is 0 Å². The number of carboxylic acid groups (broad SMARTS) is 1. The largest absolute Gasteiger partial charge is 0.598 e. The zero-order valence-corrected chi connectivity index (χ0v) is 10.3. The Kier molecular flexibility index (Phi) is 3.52. The fourth-order valence-corrected chi connectivity index (χ4v) is 2.74. The lowest BCUT2D eigenvalue weighted by molar-refractivity contribution is -0.161. The Balaban J connectivity index is 2.36. The second-order valence-corrected chi connectivity index (χ2v) is 5.44. The molecule has 1 N–H and O–H groups in total. The Morgan fingerprint density at radius 3 is 2.94 bits per heavy atom. The molecular formula is C11H8FO3PS. The number of fused-ring (bicyclic) bond motifs is 1. The van der Waals surface area contributed by atoms with Crippen LogP contribution in [0.4, 0.5) is 4.20 Å². The highest BCUT2D eigenvalue weighted by atomic mass is 32.1. The van der Waals surface area contributed by atoms with Gasteiger partial charge in [-0.2, -0.15) is 0 Å². The predicted octanol–water partition coefficient (Wildman–Crippen LogP) is 2.59. The summed E-state index contributed by atoms with van der Waals surface area (Å²) in [6, 6.07) is 6.94. The van der Waals surface area contributed by atoms with Crippen molar-refractivity contribution in [2.75, 3.05) is 0 Å². The molecule has 6 heteroatoms. The lowest BCUT2D eigenvalue weighted by Crippen LogP contribution is -1.90. The van der Waals surface area contributed by atoms with Gasteiger partial charge < -0.3 is 10.00 Å². The maximum absolute atomic E-state index is 12.2. The lowest BCUT2D eigenvalue weighted by atomic mass is 10.1. The van der Waals surface area contributed by atoms with Crippen molar-refractivity contribution in [2.45, 2.75) is 6.42 Å². The van der Waals surface area contributed by atoms with Crippen molar-refractivity contribution in [3.63, 3.8) is 0 Å². The minimum Gasteiger partial charge on any atom is -0.598 e. The van der Waals surface area contributed by atoms with Crippen molar-refractivity contribution in [3.8, 4) is 0 Å². The number of carbonyl (C=O) groups is 1. The standard InChI is InChI=1S/C11H8FO3PS/c12-16(15)4-3-7-1-2-9-8(5-7)6-10(17-9)11(13)14/h1-2,4-6H,3H2,(H,13,14). The molecule has 0 radical (unpaired) electrons. The third kappa shape index (κ3) is 2.88. The lowest BCUT2D eigenvalue weighted by Gasteiger charge is -1.94. The van der Waals surface area contributed by atoms with Crippen LogP contribution in [0.1, 0.15) is 15.2 Å². The van der Waals surface area contributed by atoms with Crippen molar-refractivity contribution in [1.29, 1.82) is 0 Å². The number of rotatable bonds is 3. The molecule has 1 aromatic heterocycles. The van der Waals surface area contributed by atoms with E-state index < -0.39 is 14.1 Å². The summed E-state index contributed by atoms with van der Waals surface area (Å²) in [4.78, 5) is 21.4. The van der Waals surface area contributed by atoms with E-state index in [1.165, 1.54) is 11.3 Å². The van der Waals surface area contributed by atoms with E-state index >= 15 is 0 Å². The Labute approximate surface area is 102 Å². The smallest absolute Gasteiger partial charge is 0.345 e. The zero-order chi connectivity index (χ0) is 12.4. The summed E-state index contributed by atoms with van der Waals surface area (Å²) < 4.78 is 13.1. The molecule has 2 rings (SSSR count). The first-order chi connectivity index (χ1) is 8.06. The van der Waals surface area contributed by atoms with E-state index in [9.17, 15) is 13.9 Å². The van der Waals surface area contributed by atoms with Gasteiger partial charge in [0.15, 0.2) is 0 Å². The minimum absolute atomic E-state index is 0.276. The molecule has 0 amide bonds. The number of aromatic carboxylic acids is 1. The average Bonchev–Trinajstić information content (AvgIpc) is 2.69. The van der Waals surface area contributed by atoms with E-state index in [-0.39, 0.29) is 11.3 Å². The highest BCUT2D eigenvalue weighted by molar-refractivity contribution is 7.44. The summed E-state index contributed by atoms with van der Waals surface area (Å²) in [7, 11) is -2.74. The van der Waals surface area contributed by atoms with E-state index in [1.807, 2.05) is 0 Å². The van der Waals surface area contributed by atoms with E-state index in [4.69, 9.17) is 5.11 Å². The molecule has 0 saturated heterocycles. The quantitative estimate of drug-likeness (QED) is 0.872. The van der Waals surface area contributed by atoms with Gasteiger partial charge in [-0.1, -0.05) is 6.07 Å². The third-order valence-corrected chi connectivity index (χ3v) is 3.84. The molecule has 0 aliphatic rings. The summed E-state index contributed by atoms with van der Waals surface area (Å²) in [5.74, 6) is 0.146. The molecule has 1 unspecified atom stereocenters. The van der Waals surface area contributed by atoms with Crippen molar-refractivity contribution in [1.82, 2.24) is 0 Å². The van der Waals surface area contributed by atoms with E-state index in [0.29, 0.717) is 0 Å². The number of hydrogen-bond donors (Lipinski definition) is 1. The van der Waals surface area contributed by atoms with Crippen LogP contribution >= 0.6 is 19.4 Å². The van der Waals surface area contributed by atoms with E-state index in [0.717, 1.165) is 21.4 Å². The van der Waals surface area contributed by atoms with Crippen molar-refractivity contribution in [3.05, 3.63) is 34.7 Å². The van der Waals surface area contributed by atoms with Gasteiger partial charge in [-0.15, -0.1) is 11.3 Å². The SMILES string of the molecule is O=C(O)c1cc2cc(C/C=[P+](/[O-])F)ccc2s1. The van der Waals surface area contributed by atoms with Crippen LogP contribution in [-0.4, -0.2) is 16.9 Å². The molecule has 0 aliphatic carbocycles. The second-order valence-electron chi connectivity index (χ2n) is 3.45. The summed E-state index contributed by atoms with van der Waals surface area (Å²) in [5.41, 5.74) is 0.813. The molecule has 17 heavy (non-hydrogen) atoms. The Morgan fingerprint density at radius 1 is 1.53 bits per heavy atom. The van der Waals surface area contributed by atoms with Gasteiger partial charge >= 0.3 is 5.97 Å². The number of thiophene rings is 1. The van der Waals surface area contributed by atoms with Crippen LogP contribution in [0.15, 0.2) is 24.3 Å². The van der Waals surface area contributed by atoms with Crippen LogP contribution in [0.3, 0.4) is 0 Å². The Bertz CT molecular complexity index is 602. The maximum Gasteiger partial charge on any atom is 0.345 e. The van der Waals surface area contributed by atoms with Gasteiger partial charge in [-0.05, 0) is 29.1 Å². The monoisotopic (exact) mass is 270 g/mol. The molecule has 2 aromatic rings. The Hall–Kier alpha value is -1.29. The molecule has 3 nitrogen and oxygen atoms in total. The molecule has 1 heterocycles. The highest BCUT2D eigenvalue weighted by Gasteiger charge is 2.08. The third-order valence-electron chi connectivity index (χ3n) is 2.26. The minimum atomic E-state index is -2.74. The van der Waals surface area contributed by atoms with Crippen LogP contribution in [-0.2, 0) is 6.42 Å². The molecule has 1 aromatic carbocycles. The number of hydrogen-bond acceptors (Lipinski definition) is 3. The predicted molar refractivity (Wildman–Crippen MR) is 66.6 cm³/mol. The molecule has 0 fully saturated rings. The summed E-state index contributed by atoms with van der Waals surface area (Å²) in [5, 5.41) is 9.66. The molecule has 0 spiro atoms. The topological polar surface area (TPSA) is 60.4 Å². The van der Waals surface area contributed by atoms with Gasteiger partial charge in [0.25, 0.3) is 8.08 Å². The van der Waals surface area contributed by atoms with Gasteiger partial charge in [0.05, 0.1) is 0 Å². The fourth-order valence-electron chi connectivity index (χ4n) is 1.50. The number of carboxylic acids is 1. The summed E-state index contributed by atoms with van der Waals surface area (Å²) in [6.45, 7) is 0. The average molecular weight is 270 g/mol. The molecule has 0 saturated carbocycles. The van der Waals surface area contributed by atoms with E-state index in [2.05, 4.69) is 0 Å². The van der Waals surface area contributed by atoms with Gasteiger partial charge in [-0.25, -0.2) is 4.79 Å². The molecule has 88 valence electrons. The van der Waals surface area contributed by atoms with E-state index in [1.54, 1.807) is 24.3 Å². The molecule has 0 bridgehead atoms. The Morgan fingerprint density at radius 2 is 2.29 bits per heavy atom. The van der Waals surface area contributed by atoms with Crippen LogP contribution in [0.25, 0.3) is 10.1 Å². The van der Waals surface area contributed by atoms with Crippen molar-refractivity contribution < 1.29 is 19.0 Å². The van der Waals surface area contributed by atoms with Gasteiger partial charge in [0, 0.05) is 15.3 Å². The maximum atomic E-state index is 12.2. The van der Waals surface area contributed by atoms with Gasteiger partial charge in [0.1, 0.15) is 10.7 Å². The van der Waals surface area contributed by atoms with Crippen LogP contribution in [0.5, 0.6) is 0 Å². The normalized spacial score (nSPS) is 12.0. The van der Waals surface area contributed by atoms with Gasteiger partial charge in [0.2, 0.25) is 0 Å². The van der Waals surface area contributed by atoms with Crippen LogP contribution < -0.4 is 4.89 Å². The number of benzene rings is 1. The summed E-state index contributed by atoms with van der Waals surface area (Å²) in [6.07, 6.45) is 0.278. The fraction of sp³-hybridized carbons (Fsp3) is 0.0909. The zero-order valence-electron chi connectivity index (χ0n) is 8.59. The molecular weight excluding hydrogens is 262 g/mol. The van der Waals surface area contributed by atoms with Crippen LogP contribution in [0, 0.1) is 0 Å². The summed E-state index contributed by atoms with van der Waals surface area (Å²) >= 11 is 1.20.